The number of nitro groups is 1. The molecule has 0 aromatic heterocycles. The summed E-state index contributed by atoms with van der Waals surface area (Å²) >= 11 is 5.67. The lowest BCUT2D eigenvalue weighted by molar-refractivity contribution is -0.384. The van der Waals surface area contributed by atoms with E-state index >= 15 is 0 Å². The van der Waals surface area contributed by atoms with Crippen LogP contribution in [0.4, 0.5) is 10.1 Å². The van der Waals surface area contributed by atoms with Crippen molar-refractivity contribution in [3.63, 3.8) is 0 Å². The van der Waals surface area contributed by atoms with E-state index in [1.165, 1.54) is 24.3 Å². The minimum atomic E-state index is -0.670. The largest absolute Gasteiger partial charge is 0.341 e. The van der Waals surface area contributed by atoms with Crippen LogP contribution in [0, 0.1) is 27.8 Å². The molecule has 2 rings (SSSR count). The number of nitrogens with one attached hydrogen (secondary N) is 1. The van der Waals surface area contributed by atoms with Gasteiger partial charge in [-0.3, -0.25) is 14.9 Å². The molecule has 0 heterocycles. The second-order valence-corrected chi connectivity index (χ2v) is 4.79. The van der Waals surface area contributed by atoms with Gasteiger partial charge in [-0.05, 0) is 24.3 Å². The third-order valence-corrected chi connectivity index (χ3v) is 3.16. The molecule has 0 aliphatic heterocycles. The molecule has 0 unspecified atom stereocenters. The Bertz CT molecular complexity index is 828. The Morgan fingerprint density at radius 3 is 2.74 bits per heavy atom. The maximum atomic E-state index is 13.3. The minimum Gasteiger partial charge on any atom is -0.341 e. The molecule has 2 aromatic carbocycles. The highest BCUT2D eigenvalue weighted by Gasteiger charge is 2.15. The van der Waals surface area contributed by atoms with Crippen LogP contribution in [-0.4, -0.2) is 17.4 Å². The van der Waals surface area contributed by atoms with E-state index in [0.717, 1.165) is 6.07 Å². The van der Waals surface area contributed by atoms with Crippen LogP contribution >= 0.6 is 11.6 Å². The summed E-state index contributed by atoms with van der Waals surface area (Å²) in [6.07, 6.45) is 0. The van der Waals surface area contributed by atoms with Crippen LogP contribution in [0.25, 0.3) is 0 Å². The van der Waals surface area contributed by atoms with Crippen molar-refractivity contribution in [1.29, 1.82) is 0 Å². The highest BCUT2D eigenvalue weighted by Crippen LogP contribution is 2.24. The van der Waals surface area contributed by atoms with Gasteiger partial charge in [0.05, 0.1) is 17.0 Å². The number of carbonyl (C=O) groups is 1. The number of rotatable bonds is 3. The summed E-state index contributed by atoms with van der Waals surface area (Å²) in [5, 5.41) is 13.2. The molecule has 0 radical (unpaired) electrons. The second kappa shape index (κ2) is 7.38. The standard InChI is InChI=1S/C16H10ClFN2O3/c17-13-8-7-12(10-15(13)20(22)23)16(21)19-9-3-5-11-4-1-2-6-14(11)18/h1-2,4,6-8,10H,9H2,(H,19,21). The highest BCUT2D eigenvalue weighted by atomic mass is 35.5. The molecule has 2 aromatic rings. The Morgan fingerprint density at radius 1 is 1.30 bits per heavy atom. The van der Waals surface area contributed by atoms with Crippen molar-refractivity contribution in [2.24, 2.45) is 0 Å². The molecule has 0 saturated carbocycles. The van der Waals surface area contributed by atoms with Crippen LogP contribution in [0.5, 0.6) is 0 Å². The third-order valence-electron chi connectivity index (χ3n) is 2.84. The highest BCUT2D eigenvalue weighted by molar-refractivity contribution is 6.32. The minimum absolute atomic E-state index is 0.0242. The number of nitrogens with zero attached hydrogens (tertiary/aromatic N) is 1. The van der Waals surface area contributed by atoms with Crippen LogP contribution < -0.4 is 5.32 Å². The van der Waals surface area contributed by atoms with Gasteiger partial charge in [0.2, 0.25) is 0 Å². The summed E-state index contributed by atoms with van der Waals surface area (Å²) in [4.78, 5) is 22.0. The topological polar surface area (TPSA) is 72.2 Å². The summed E-state index contributed by atoms with van der Waals surface area (Å²) in [7, 11) is 0. The van der Waals surface area contributed by atoms with Crippen LogP contribution in [-0.2, 0) is 0 Å². The normalized spacial score (nSPS) is 9.65. The lowest BCUT2D eigenvalue weighted by atomic mass is 10.2. The Labute approximate surface area is 136 Å². The average Bonchev–Trinajstić information content (AvgIpc) is 2.53. The van der Waals surface area contributed by atoms with Crippen molar-refractivity contribution >= 4 is 23.2 Å². The maximum Gasteiger partial charge on any atom is 0.288 e. The van der Waals surface area contributed by atoms with Gasteiger partial charge in [0.15, 0.2) is 0 Å². The average molecular weight is 333 g/mol. The Hall–Kier alpha value is -2.91. The molecule has 5 nitrogen and oxygen atoms in total. The van der Waals surface area contributed by atoms with Crippen molar-refractivity contribution in [2.45, 2.75) is 0 Å². The van der Waals surface area contributed by atoms with Gasteiger partial charge in [0, 0.05) is 11.6 Å². The zero-order valence-corrected chi connectivity index (χ0v) is 12.4. The molecular weight excluding hydrogens is 323 g/mol. The third kappa shape index (κ3) is 4.28. The van der Waals surface area contributed by atoms with Crippen molar-refractivity contribution in [3.8, 4) is 11.8 Å². The van der Waals surface area contributed by atoms with Crippen LogP contribution in [0.15, 0.2) is 42.5 Å². The van der Waals surface area contributed by atoms with E-state index in [-0.39, 0.29) is 28.4 Å². The summed E-state index contributed by atoms with van der Waals surface area (Å²) in [5.74, 6) is 4.22. The van der Waals surface area contributed by atoms with Crippen molar-refractivity contribution < 1.29 is 14.1 Å². The Morgan fingerprint density at radius 2 is 2.04 bits per heavy atom. The zero-order chi connectivity index (χ0) is 16.8. The summed E-state index contributed by atoms with van der Waals surface area (Å²) < 4.78 is 13.3. The molecular formula is C16H10ClFN2O3. The number of benzene rings is 2. The monoisotopic (exact) mass is 332 g/mol. The van der Waals surface area contributed by atoms with Gasteiger partial charge in [-0.2, -0.15) is 0 Å². The predicted molar refractivity (Wildman–Crippen MR) is 83.7 cm³/mol. The number of halogens is 2. The molecule has 1 N–H and O–H groups in total. The fraction of sp³-hybridized carbons (Fsp3) is 0.0625. The molecule has 0 atom stereocenters. The first-order chi connectivity index (χ1) is 11.0. The first-order valence-corrected chi connectivity index (χ1v) is 6.82. The number of nitro benzene ring substituents is 1. The van der Waals surface area contributed by atoms with E-state index in [1.54, 1.807) is 12.1 Å². The zero-order valence-electron chi connectivity index (χ0n) is 11.7. The van der Waals surface area contributed by atoms with Gasteiger partial charge in [-0.25, -0.2) is 4.39 Å². The molecule has 116 valence electrons. The van der Waals surface area contributed by atoms with Crippen molar-refractivity contribution in [3.05, 3.63) is 74.5 Å². The van der Waals surface area contributed by atoms with E-state index < -0.39 is 16.6 Å². The van der Waals surface area contributed by atoms with Gasteiger partial charge in [-0.15, -0.1) is 0 Å². The van der Waals surface area contributed by atoms with Crippen molar-refractivity contribution in [1.82, 2.24) is 5.32 Å². The molecule has 23 heavy (non-hydrogen) atoms. The van der Waals surface area contributed by atoms with E-state index in [9.17, 15) is 19.3 Å². The first-order valence-electron chi connectivity index (χ1n) is 6.44. The van der Waals surface area contributed by atoms with Crippen LogP contribution in [0.2, 0.25) is 5.02 Å². The quantitative estimate of drug-likeness (QED) is 0.533. The van der Waals surface area contributed by atoms with Crippen LogP contribution in [0.1, 0.15) is 15.9 Å². The maximum absolute atomic E-state index is 13.3. The van der Waals surface area contributed by atoms with Crippen molar-refractivity contribution in [2.75, 3.05) is 6.54 Å². The molecule has 7 heteroatoms. The fourth-order valence-corrected chi connectivity index (χ4v) is 1.91. The summed E-state index contributed by atoms with van der Waals surface area (Å²) in [6, 6.07) is 9.74. The van der Waals surface area contributed by atoms with Gasteiger partial charge in [0.1, 0.15) is 10.8 Å². The van der Waals surface area contributed by atoms with E-state index in [0.29, 0.717) is 0 Å². The molecule has 0 aliphatic rings. The fourth-order valence-electron chi connectivity index (χ4n) is 1.72. The number of hydrogen-bond acceptors (Lipinski definition) is 3. The molecule has 0 aliphatic carbocycles. The van der Waals surface area contributed by atoms with Gasteiger partial charge < -0.3 is 5.32 Å². The van der Waals surface area contributed by atoms with Crippen LogP contribution in [0.3, 0.4) is 0 Å². The second-order valence-electron chi connectivity index (χ2n) is 4.39. The van der Waals surface area contributed by atoms with E-state index in [4.69, 9.17) is 11.6 Å². The molecule has 0 bridgehead atoms. The molecule has 0 spiro atoms. The summed E-state index contributed by atoms with van der Waals surface area (Å²) in [6.45, 7) is -0.0242. The summed E-state index contributed by atoms with van der Waals surface area (Å²) in [5.41, 5.74) is -0.0329. The lowest BCUT2D eigenvalue weighted by Gasteiger charge is -2.02. The van der Waals surface area contributed by atoms with Gasteiger partial charge >= 0.3 is 0 Å². The predicted octanol–water partition coefficient (Wildman–Crippen LogP) is 3.17. The van der Waals surface area contributed by atoms with Gasteiger partial charge in [-0.1, -0.05) is 35.6 Å². The number of amides is 1. The lowest BCUT2D eigenvalue weighted by Crippen LogP contribution is -2.23. The Kier molecular flexibility index (Phi) is 5.28. The SMILES string of the molecule is O=C(NCC#Cc1ccccc1F)c1ccc(Cl)c([N+](=O)[O-])c1. The molecule has 0 fully saturated rings. The molecule has 1 amide bonds. The van der Waals surface area contributed by atoms with E-state index in [2.05, 4.69) is 17.2 Å². The van der Waals surface area contributed by atoms with E-state index in [1.807, 2.05) is 0 Å². The Balaban J connectivity index is 2.03. The smallest absolute Gasteiger partial charge is 0.288 e. The number of hydrogen-bond donors (Lipinski definition) is 1. The first kappa shape index (κ1) is 16.5. The molecule has 0 saturated heterocycles. The number of carbonyl (C=O) groups excluding carboxylic acids is 1. The van der Waals surface area contributed by atoms with Gasteiger partial charge in [0.25, 0.3) is 11.6 Å².